The number of benzene rings is 2. The van der Waals surface area contributed by atoms with Crippen LogP contribution in [0.15, 0.2) is 72.9 Å². The summed E-state index contributed by atoms with van der Waals surface area (Å²) in [4.78, 5) is 11.2. The zero-order chi connectivity index (χ0) is 17.1. The largest absolute Gasteiger partial charge is 0.378 e. The maximum atomic E-state index is 4.45. The first-order valence-corrected chi connectivity index (χ1v) is 8.37. The average molecular weight is 328 g/mol. The Labute approximate surface area is 147 Å². The lowest BCUT2D eigenvalue weighted by Gasteiger charge is -2.06. The first-order chi connectivity index (χ1) is 12.3. The van der Waals surface area contributed by atoms with Gasteiger partial charge in [-0.25, -0.2) is 4.98 Å². The molecule has 124 valence electrons. The van der Waals surface area contributed by atoms with Crippen molar-refractivity contribution in [2.75, 3.05) is 5.32 Å². The van der Waals surface area contributed by atoms with Crippen LogP contribution in [0.4, 0.5) is 5.69 Å². The van der Waals surface area contributed by atoms with Gasteiger partial charge in [0.25, 0.3) is 0 Å². The van der Waals surface area contributed by atoms with E-state index in [1.165, 1.54) is 11.3 Å². The van der Waals surface area contributed by atoms with Crippen molar-refractivity contribution in [3.8, 4) is 22.5 Å². The zero-order valence-electron chi connectivity index (χ0n) is 14.1. The van der Waals surface area contributed by atoms with Crippen LogP contribution in [-0.4, -0.2) is 15.0 Å². The summed E-state index contributed by atoms with van der Waals surface area (Å²) >= 11 is 0. The van der Waals surface area contributed by atoms with E-state index in [1.54, 1.807) is 0 Å². The molecule has 2 heterocycles. The van der Waals surface area contributed by atoms with Gasteiger partial charge in [0.15, 0.2) is 0 Å². The number of nitrogens with zero attached hydrogens (tertiary/aromatic N) is 1. The van der Waals surface area contributed by atoms with Gasteiger partial charge in [-0.1, -0.05) is 42.5 Å². The summed E-state index contributed by atoms with van der Waals surface area (Å²) in [6.07, 6.45) is 1.88. The van der Waals surface area contributed by atoms with Crippen LogP contribution in [0.1, 0.15) is 11.5 Å². The molecular weight excluding hydrogens is 308 g/mol. The number of H-pyrrole nitrogens is 2. The molecule has 4 rings (SSSR count). The van der Waals surface area contributed by atoms with Crippen LogP contribution in [0.25, 0.3) is 22.5 Å². The fourth-order valence-corrected chi connectivity index (χ4v) is 2.84. The maximum Gasteiger partial charge on any atom is 0.125 e. The highest BCUT2D eigenvalue weighted by Crippen LogP contribution is 2.21. The molecule has 4 nitrogen and oxygen atoms in total. The van der Waals surface area contributed by atoms with Crippen molar-refractivity contribution >= 4 is 5.69 Å². The smallest absolute Gasteiger partial charge is 0.125 e. The molecule has 0 saturated heterocycles. The van der Waals surface area contributed by atoms with Gasteiger partial charge in [0, 0.05) is 17.1 Å². The standard InChI is InChI=1S/C21H20N4/c1-15-7-12-19(24-15)17-8-10-18(11-9-17)22-14-21-23-13-20(25-21)16-5-3-2-4-6-16/h2-13,22,24H,14H2,1H3,(H,23,25). The first kappa shape index (κ1) is 15.3. The minimum atomic E-state index is 0.661. The summed E-state index contributed by atoms with van der Waals surface area (Å²) in [5.41, 5.74) is 6.75. The fourth-order valence-electron chi connectivity index (χ4n) is 2.84. The van der Waals surface area contributed by atoms with Gasteiger partial charge in [-0.05, 0) is 42.3 Å². The summed E-state index contributed by atoms with van der Waals surface area (Å²) in [5.74, 6) is 0.919. The predicted molar refractivity (Wildman–Crippen MR) is 102 cm³/mol. The van der Waals surface area contributed by atoms with Gasteiger partial charge in [-0.2, -0.15) is 0 Å². The first-order valence-electron chi connectivity index (χ1n) is 8.37. The zero-order valence-corrected chi connectivity index (χ0v) is 14.1. The molecule has 2 aromatic heterocycles. The molecule has 0 radical (unpaired) electrons. The van der Waals surface area contributed by atoms with E-state index in [2.05, 4.69) is 75.7 Å². The van der Waals surface area contributed by atoms with Gasteiger partial charge in [0.05, 0.1) is 18.4 Å². The molecule has 4 heteroatoms. The van der Waals surface area contributed by atoms with E-state index in [1.807, 2.05) is 24.4 Å². The average Bonchev–Trinajstić information content (AvgIpc) is 3.30. The second kappa shape index (κ2) is 6.69. The topological polar surface area (TPSA) is 56.5 Å². The highest BCUT2D eigenvalue weighted by Gasteiger charge is 2.04. The number of aromatic nitrogens is 3. The normalized spacial score (nSPS) is 10.8. The van der Waals surface area contributed by atoms with Crippen molar-refractivity contribution in [2.24, 2.45) is 0 Å². The number of aryl methyl sites for hydroxylation is 1. The van der Waals surface area contributed by atoms with Crippen LogP contribution < -0.4 is 5.32 Å². The highest BCUT2D eigenvalue weighted by atomic mass is 15.0. The lowest BCUT2D eigenvalue weighted by atomic mass is 10.1. The number of aromatic amines is 2. The van der Waals surface area contributed by atoms with Crippen molar-refractivity contribution in [1.82, 2.24) is 15.0 Å². The van der Waals surface area contributed by atoms with Gasteiger partial charge in [-0.15, -0.1) is 0 Å². The molecule has 0 aliphatic carbocycles. The molecule has 0 aliphatic rings. The summed E-state index contributed by atoms with van der Waals surface area (Å²) < 4.78 is 0. The monoisotopic (exact) mass is 328 g/mol. The van der Waals surface area contributed by atoms with E-state index in [0.29, 0.717) is 6.54 Å². The number of hydrogen-bond donors (Lipinski definition) is 3. The summed E-state index contributed by atoms with van der Waals surface area (Å²) in [6, 6.07) is 22.8. The Balaban J connectivity index is 1.41. The Kier molecular flexibility index (Phi) is 4.09. The second-order valence-corrected chi connectivity index (χ2v) is 6.10. The van der Waals surface area contributed by atoms with Crippen molar-refractivity contribution < 1.29 is 0 Å². The second-order valence-electron chi connectivity index (χ2n) is 6.10. The van der Waals surface area contributed by atoms with Gasteiger partial charge in [0.2, 0.25) is 0 Å². The number of rotatable bonds is 5. The molecule has 0 aliphatic heterocycles. The summed E-state index contributed by atoms with van der Waals surface area (Å²) in [5, 5.41) is 3.41. The van der Waals surface area contributed by atoms with Crippen LogP contribution >= 0.6 is 0 Å². The number of anilines is 1. The fraction of sp³-hybridized carbons (Fsp3) is 0.0952. The Morgan fingerprint density at radius 2 is 1.56 bits per heavy atom. The maximum absolute atomic E-state index is 4.45. The highest BCUT2D eigenvalue weighted by molar-refractivity contribution is 5.63. The van der Waals surface area contributed by atoms with E-state index in [-0.39, 0.29) is 0 Å². The number of imidazole rings is 1. The van der Waals surface area contributed by atoms with E-state index in [9.17, 15) is 0 Å². The molecule has 0 atom stereocenters. The van der Waals surface area contributed by atoms with Crippen molar-refractivity contribution in [3.63, 3.8) is 0 Å². The third kappa shape index (κ3) is 3.48. The molecule has 3 N–H and O–H groups in total. The molecule has 0 fully saturated rings. The van der Waals surface area contributed by atoms with Crippen molar-refractivity contribution in [2.45, 2.75) is 13.5 Å². The molecule has 0 amide bonds. The van der Waals surface area contributed by atoms with E-state index in [4.69, 9.17) is 0 Å². The van der Waals surface area contributed by atoms with Crippen LogP contribution in [0.3, 0.4) is 0 Å². The van der Waals surface area contributed by atoms with E-state index >= 15 is 0 Å². The summed E-state index contributed by atoms with van der Waals surface area (Å²) in [7, 11) is 0. The third-order valence-corrected chi connectivity index (χ3v) is 4.20. The van der Waals surface area contributed by atoms with Crippen LogP contribution in [0.2, 0.25) is 0 Å². The predicted octanol–water partition coefficient (Wildman–Crippen LogP) is 4.99. The molecular formula is C21H20N4. The van der Waals surface area contributed by atoms with Gasteiger partial charge < -0.3 is 15.3 Å². The number of nitrogens with one attached hydrogen (secondary N) is 3. The molecule has 0 spiro atoms. The van der Waals surface area contributed by atoms with E-state index in [0.717, 1.165) is 28.5 Å². The molecule has 0 unspecified atom stereocenters. The quantitative estimate of drug-likeness (QED) is 0.483. The minimum absolute atomic E-state index is 0.661. The van der Waals surface area contributed by atoms with Crippen LogP contribution in [0, 0.1) is 6.92 Å². The molecule has 2 aromatic carbocycles. The Morgan fingerprint density at radius 3 is 2.28 bits per heavy atom. The van der Waals surface area contributed by atoms with Crippen LogP contribution in [-0.2, 0) is 6.54 Å². The Morgan fingerprint density at radius 1 is 0.800 bits per heavy atom. The van der Waals surface area contributed by atoms with Gasteiger partial charge in [-0.3, -0.25) is 0 Å². The Bertz CT molecular complexity index is 949. The molecule has 25 heavy (non-hydrogen) atoms. The summed E-state index contributed by atoms with van der Waals surface area (Å²) in [6.45, 7) is 2.72. The minimum Gasteiger partial charge on any atom is -0.378 e. The van der Waals surface area contributed by atoms with Gasteiger partial charge >= 0.3 is 0 Å². The van der Waals surface area contributed by atoms with E-state index < -0.39 is 0 Å². The van der Waals surface area contributed by atoms with Crippen LogP contribution in [0.5, 0.6) is 0 Å². The molecule has 0 bridgehead atoms. The SMILES string of the molecule is Cc1ccc(-c2ccc(NCc3ncc(-c4ccccc4)[nH]3)cc2)[nH]1. The van der Waals surface area contributed by atoms with Gasteiger partial charge in [0.1, 0.15) is 5.82 Å². The Hall–Kier alpha value is -3.27. The third-order valence-electron chi connectivity index (χ3n) is 4.20. The number of hydrogen-bond acceptors (Lipinski definition) is 2. The van der Waals surface area contributed by atoms with Crippen molar-refractivity contribution in [3.05, 3.63) is 84.4 Å². The van der Waals surface area contributed by atoms with Crippen molar-refractivity contribution in [1.29, 1.82) is 0 Å². The molecule has 0 saturated carbocycles. The lowest BCUT2D eigenvalue weighted by molar-refractivity contribution is 1.00. The lowest BCUT2D eigenvalue weighted by Crippen LogP contribution is -2.01. The molecule has 4 aromatic rings.